The summed E-state index contributed by atoms with van der Waals surface area (Å²) in [6.45, 7) is 0.187. The van der Waals surface area contributed by atoms with Gasteiger partial charge in [-0.2, -0.15) is 8.42 Å². The van der Waals surface area contributed by atoms with E-state index in [9.17, 15) is 13.2 Å². The standard InChI is InChI=1S/C20H30N2O8S/c1-26-13-22-18(12-30-31(3,24)25)20(19(22)23,29-14-27-2)11-16-10-17(6-8-21-16)28-9-7-15-4-5-15/h6,8,10,15,18H,4-5,7,9,11-14H2,1-3H3/t18-,20+/m0/s1. The summed E-state index contributed by atoms with van der Waals surface area (Å²) in [5, 5.41) is 0. The van der Waals surface area contributed by atoms with E-state index in [0.717, 1.165) is 18.6 Å². The SMILES string of the molecule is COCO[C@@]1(Cc2cc(OCCC3CC3)ccn2)C(=O)N(COC)[C@H]1COS(C)(=O)=O. The van der Waals surface area contributed by atoms with Gasteiger partial charge < -0.3 is 23.8 Å². The van der Waals surface area contributed by atoms with Crippen molar-refractivity contribution in [2.75, 3.05) is 47.2 Å². The van der Waals surface area contributed by atoms with Crippen LogP contribution in [0.15, 0.2) is 18.3 Å². The summed E-state index contributed by atoms with van der Waals surface area (Å²) in [6, 6.07) is 2.83. The number of pyridine rings is 1. The Labute approximate surface area is 182 Å². The third kappa shape index (κ3) is 6.13. The highest BCUT2D eigenvalue weighted by Crippen LogP contribution is 2.38. The fourth-order valence-corrected chi connectivity index (χ4v) is 4.02. The molecule has 0 N–H and O–H groups in total. The van der Waals surface area contributed by atoms with Crippen molar-refractivity contribution in [2.45, 2.75) is 37.3 Å². The Kier molecular flexibility index (Phi) is 7.87. The number of amides is 1. The molecule has 1 aliphatic heterocycles. The highest BCUT2D eigenvalue weighted by atomic mass is 32.2. The van der Waals surface area contributed by atoms with E-state index in [1.165, 1.54) is 32.0 Å². The van der Waals surface area contributed by atoms with E-state index in [1.807, 2.05) is 0 Å². The predicted octanol–water partition coefficient (Wildman–Crippen LogP) is 0.953. The number of ether oxygens (including phenoxy) is 4. The number of nitrogens with zero attached hydrogens (tertiary/aromatic N) is 2. The van der Waals surface area contributed by atoms with E-state index >= 15 is 0 Å². The Bertz CT molecular complexity index is 860. The van der Waals surface area contributed by atoms with Crippen molar-refractivity contribution >= 4 is 16.0 Å². The summed E-state index contributed by atoms with van der Waals surface area (Å²) >= 11 is 0. The molecule has 0 aromatic carbocycles. The molecular weight excluding hydrogens is 428 g/mol. The van der Waals surface area contributed by atoms with Gasteiger partial charge in [0.2, 0.25) is 0 Å². The van der Waals surface area contributed by atoms with Gasteiger partial charge in [-0.1, -0.05) is 12.8 Å². The molecule has 2 fully saturated rings. The highest BCUT2D eigenvalue weighted by Gasteiger charge is 2.62. The minimum absolute atomic E-state index is 0.0214. The van der Waals surface area contributed by atoms with Crippen molar-refractivity contribution in [3.05, 3.63) is 24.0 Å². The van der Waals surface area contributed by atoms with Gasteiger partial charge in [0.1, 0.15) is 19.3 Å². The molecule has 31 heavy (non-hydrogen) atoms. The van der Waals surface area contributed by atoms with Crippen molar-refractivity contribution in [1.82, 2.24) is 9.88 Å². The second kappa shape index (κ2) is 10.2. The van der Waals surface area contributed by atoms with Crippen LogP contribution in [0.3, 0.4) is 0 Å². The number of aromatic nitrogens is 1. The summed E-state index contributed by atoms with van der Waals surface area (Å²) in [5.74, 6) is 1.08. The van der Waals surface area contributed by atoms with Crippen LogP contribution in [0.25, 0.3) is 0 Å². The van der Waals surface area contributed by atoms with Gasteiger partial charge in [0.15, 0.2) is 5.60 Å². The van der Waals surface area contributed by atoms with Crippen LogP contribution >= 0.6 is 0 Å². The molecule has 1 saturated carbocycles. The van der Waals surface area contributed by atoms with Crippen LogP contribution in [-0.4, -0.2) is 83.1 Å². The summed E-state index contributed by atoms with van der Waals surface area (Å²) in [6.07, 6.45) is 6.23. The average Bonchev–Trinajstić information content (AvgIpc) is 3.54. The predicted molar refractivity (Wildman–Crippen MR) is 110 cm³/mol. The van der Waals surface area contributed by atoms with Crippen molar-refractivity contribution in [3.63, 3.8) is 0 Å². The van der Waals surface area contributed by atoms with Gasteiger partial charge in [-0.3, -0.25) is 14.0 Å². The van der Waals surface area contributed by atoms with Gasteiger partial charge in [-0.05, 0) is 18.4 Å². The maximum absolute atomic E-state index is 13.1. The first-order valence-electron chi connectivity index (χ1n) is 10.1. The number of methoxy groups -OCH3 is 2. The van der Waals surface area contributed by atoms with Gasteiger partial charge in [0, 0.05) is 38.6 Å². The van der Waals surface area contributed by atoms with Crippen LogP contribution in [0.5, 0.6) is 5.75 Å². The molecule has 0 spiro atoms. The molecule has 1 saturated heterocycles. The summed E-state index contributed by atoms with van der Waals surface area (Å²) in [5.41, 5.74) is -0.811. The van der Waals surface area contributed by atoms with Gasteiger partial charge in [-0.25, -0.2) is 0 Å². The largest absolute Gasteiger partial charge is 0.493 e. The smallest absolute Gasteiger partial charge is 0.264 e. The molecule has 0 bridgehead atoms. The lowest BCUT2D eigenvalue weighted by Gasteiger charge is -2.54. The monoisotopic (exact) mass is 458 g/mol. The van der Waals surface area contributed by atoms with Crippen LogP contribution in [0.4, 0.5) is 0 Å². The first-order valence-corrected chi connectivity index (χ1v) is 12.0. The maximum Gasteiger partial charge on any atom is 0.264 e. The Morgan fingerprint density at radius 2 is 2.03 bits per heavy atom. The third-order valence-electron chi connectivity index (χ3n) is 5.40. The number of hydrogen-bond acceptors (Lipinski definition) is 9. The van der Waals surface area contributed by atoms with E-state index in [1.54, 1.807) is 18.3 Å². The van der Waals surface area contributed by atoms with E-state index < -0.39 is 21.8 Å². The molecule has 1 aromatic heterocycles. The number of carbonyl (C=O) groups is 1. The minimum Gasteiger partial charge on any atom is -0.493 e. The van der Waals surface area contributed by atoms with Gasteiger partial charge >= 0.3 is 0 Å². The fourth-order valence-electron chi connectivity index (χ4n) is 3.64. The first-order chi connectivity index (χ1) is 14.8. The second-order valence-corrected chi connectivity index (χ2v) is 9.52. The average molecular weight is 459 g/mol. The van der Waals surface area contributed by atoms with E-state index in [0.29, 0.717) is 18.1 Å². The van der Waals surface area contributed by atoms with Crippen LogP contribution < -0.4 is 4.74 Å². The molecule has 3 rings (SSSR count). The molecular formula is C20H30N2O8S. The Morgan fingerprint density at radius 3 is 2.68 bits per heavy atom. The minimum atomic E-state index is -3.72. The number of likely N-dealkylation sites (tertiary alicyclic amines) is 1. The molecule has 11 heteroatoms. The second-order valence-electron chi connectivity index (χ2n) is 7.88. The van der Waals surface area contributed by atoms with Crippen molar-refractivity contribution < 1.29 is 36.3 Å². The molecule has 1 amide bonds. The molecule has 2 aliphatic rings. The van der Waals surface area contributed by atoms with Crippen molar-refractivity contribution in [1.29, 1.82) is 0 Å². The molecule has 1 aromatic rings. The summed E-state index contributed by atoms with van der Waals surface area (Å²) < 4.78 is 49.9. The lowest BCUT2D eigenvalue weighted by Crippen LogP contribution is -2.77. The van der Waals surface area contributed by atoms with E-state index in [2.05, 4.69) is 4.98 Å². The molecule has 0 radical (unpaired) electrons. The van der Waals surface area contributed by atoms with Gasteiger partial charge in [0.05, 0.1) is 25.5 Å². The van der Waals surface area contributed by atoms with Crippen molar-refractivity contribution in [3.8, 4) is 5.75 Å². The quantitative estimate of drug-likeness (QED) is 0.228. The highest BCUT2D eigenvalue weighted by molar-refractivity contribution is 7.85. The number of hydrogen-bond donors (Lipinski definition) is 0. The van der Waals surface area contributed by atoms with Gasteiger partial charge in [0.25, 0.3) is 16.0 Å². The zero-order valence-electron chi connectivity index (χ0n) is 18.1. The normalized spacial score (nSPS) is 23.6. The Balaban J connectivity index is 1.78. The molecule has 1 aliphatic carbocycles. The zero-order valence-corrected chi connectivity index (χ0v) is 18.9. The Morgan fingerprint density at radius 1 is 1.26 bits per heavy atom. The van der Waals surface area contributed by atoms with Crippen LogP contribution in [-0.2, 0) is 39.7 Å². The number of carbonyl (C=O) groups excluding carboxylic acids is 1. The van der Waals surface area contributed by atoms with E-state index in [4.69, 9.17) is 23.1 Å². The molecule has 0 unspecified atom stereocenters. The summed E-state index contributed by atoms with van der Waals surface area (Å²) in [7, 11) is -0.826. The molecule has 2 atom stereocenters. The van der Waals surface area contributed by atoms with Crippen LogP contribution in [0, 0.1) is 5.92 Å². The topological polar surface area (TPSA) is 113 Å². The zero-order chi connectivity index (χ0) is 22.5. The maximum atomic E-state index is 13.1. The van der Waals surface area contributed by atoms with Crippen LogP contribution in [0.2, 0.25) is 0 Å². The molecule has 174 valence electrons. The summed E-state index contributed by atoms with van der Waals surface area (Å²) in [4.78, 5) is 18.8. The van der Waals surface area contributed by atoms with Crippen LogP contribution in [0.1, 0.15) is 25.0 Å². The number of β-lactam (4-membered cyclic amide) rings is 1. The molecule has 2 heterocycles. The lowest BCUT2D eigenvalue weighted by atomic mass is 9.79. The lowest BCUT2D eigenvalue weighted by molar-refractivity contribution is -0.236. The van der Waals surface area contributed by atoms with Gasteiger partial charge in [-0.15, -0.1) is 0 Å². The molecule has 10 nitrogen and oxygen atoms in total. The van der Waals surface area contributed by atoms with Crippen molar-refractivity contribution in [2.24, 2.45) is 5.92 Å². The fraction of sp³-hybridized carbons (Fsp3) is 0.700. The first kappa shape index (κ1) is 23.9. The number of rotatable bonds is 14. The Hall–Kier alpha value is -1.79. The van der Waals surface area contributed by atoms with E-state index in [-0.39, 0.29) is 32.5 Å². The third-order valence-corrected chi connectivity index (χ3v) is 5.97.